The van der Waals surface area contributed by atoms with E-state index in [1.165, 1.54) is 6.92 Å². The van der Waals surface area contributed by atoms with Crippen molar-refractivity contribution < 1.29 is 19.4 Å². The highest BCUT2D eigenvalue weighted by molar-refractivity contribution is 5.84. The molecule has 0 fully saturated rings. The number of carboxylic acids is 1. The van der Waals surface area contributed by atoms with E-state index in [-0.39, 0.29) is 6.61 Å². The van der Waals surface area contributed by atoms with Gasteiger partial charge >= 0.3 is 5.97 Å². The lowest BCUT2D eigenvalue weighted by Gasteiger charge is -2.10. The molecule has 100 valence electrons. The van der Waals surface area contributed by atoms with Crippen LogP contribution in [0.4, 0.5) is 0 Å². The van der Waals surface area contributed by atoms with E-state index in [1.54, 1.807) is 18.7 Å². The Bertz CT molecular complexity index is 467. The van der Waals surface area contributed by atoms with Crippen LogP contribution in [0.3, 0.4) is 0 Å². The highest BCUT2D eigenvalue weighted by Gasteiger charge is 2.16. The van der Waals surface area contributed by atoms with Crippen LogP contribution < -0.4 is 10.1 Å². The van der Waals surface area contributed by atoms with Gasteiger partial charge in [-0.25, -0.2) is 0 Å². The number of aromatic nitrogens is 2. The minimum atomic E-state index is -1.09. The van der Waals surface area contributed by atoms with Crippen molar-refractivity contribution in [2.24, 2.45) is 7.05 Å². The third kappa shape index (κ3) is 3.22. The Morgan fingerprint density at radius 1 is 1.50 bits per heavy atom. The Morgan fingerprint density at radius 2 is 2.11 bits per heavy atom. The molecule has 0 aliphatic carbocycles. The first-order valence-corrected chi connectivity index (χ1v) is 5.48. The number of aryl methyl sites for hydroxylation is 2. The van der Waals surface area contributed by atoms with Crippen molar-refractivity contribution in [1.29, 1.82) is 0 Å². The normalized spacial score (nSPS) is 12.0. The molecule has 0 aliphatic rings. The van der Waals surface area contributed by atoms with E-state index >= 15 is 0 Å². The van der Waals surface area contributed by atoms with Crippen molar-refractivity contribution in [2.75, 3.05) is 6.61 Å². The monoisotopic (exact) mass is 255 g/mol. The van der Waals surface area contributed by atoms with Gasteiger partial charge < -0.3 is 15.2 Å². The Kier molecular flexibility index (Phi) is 4.30. The largest absolute Gasteiger partial charge is 0.480 e. The highest BCUT2D eigenvalue weighted by atomic mass is 16.5. The van der Waals surface area contributed by atoms with Gasteiger partial charge in [-0.3, -0.25) is 14.3 Å². The Balaban J connectivity index is 2.55. The zero-order chi connectivity index (χ0) is 13.9. The first-order valence-electron chi connectivity index (χ1n) is 5.48. The lowest BCUT2D eigenvalue weighted by Crippen LogP contribution is -2.40. The number of nitrogens with zero attached hydrogens (tertiary/aromatic N) is 2. The summed E-state index contributed by atoms with van der Waals surface area (Å²) in [6, 6.07) is -0.933. The standard InChI is InChI=1S/C11H17N3O4/c1-6-10(8(3)14(4)13-6)18-5-9(15)12-7(2)11(16)17/h7H,5H2,1-4H3,(H,12,15)(H,16,17)/t7-/m0/s1. The van der Waals surface area contributed by atoms with Crippen molar-refractivity contribution in [2.45, 2.75) is 26.8 Å². The molecule has 1 amide bonds. The topological polar surface area (TPSA) is 93.5 Å². The third-order valence-corrected chi connectivity index (χ3v) is 2.54. The molecule has 1 aromatic rings. The van der Waals surface area contributed by atoms with Crippen LogP contribution >= 0.6 is 0 Å². The summed E-state index contributed by atoms with van der Waals surface area (Å²) in [5.41, 5.74) is 1.50. The number of aliphatic carboxylic acids is 1. The number of hydrogen-bond acceptors (Lipinski definition) is 4. The predicted molar refractivity (Wildman–Crippen MR) is 63.4 cm³/mol. The molecule has 0 radical (unpaired) electrons. The van der Waals surface area contributed by atoms with Crippen LogP contribution in [0.25, 0.3) is 0 Å². The number of hydrogen-bond donors (Lipinski definition) is 2. The molecule has 1 rings (SSSR count). The number of carboxylic acid groups (broad SMARTS) is 1. The van der Waals surface area contributed by atoms with Crippen LogP contribution in [0.15, 0.2) is 0 Å². The Morgan fingerprint density at radius 3 is 2.56 bits per heavy atom. The van der Waals surface area contributed by atoms with Crippen molar-refractivity contribution >= 4 is 11.9 Å². The second-order valence-electron chi connectivity index (χ2n) is 4.04. The van der Waals surface area contributed by atoms with Crippen molar-refractivity contribution in [3.8, 4) is 5.75 Å². The number of rotatable bonds is 5. The average Bonchev–Trinajstić information content (AvgIpc) is 2.51. The van der Waals surface area contributed by atoms with Gasteiger partial charge in [0.1, 0.15) is 11.7 Å². The molecule has 1 atom stereocenters. The van der Waals surface area contributed by atoms with Gasteiger partial charge in [0.15, 0.2) is 12.4 Å². The molecule has 18 heavy (non-hydrogen) atoms. The lowest BCUT2D eigenvalue weighted by atomic mass is 10.3. The lowest BCUT2D eigenvalue weighted by molar-refractivity contribution is -0.141. The van der Waals surface area contributed by atoms with E-state index in [2.05, 4.69) is 10.4 Å². The zero-order valence-electron chi connectivity index (χ0n) is 10.9. The van der Waals surface area contributed by atoms with Gasteiger partial charge in [-0.1, -0.05) is 0 Å². The summed E-state index contributed by atoms with van der Waals surface area (Å²) in [4.78, 5) is 22.0. The minimum Gasteiger partial charge on any atom is -0.480 e. The summed E-state index contributed by atoms with van der Waals surface area (Å²) in [6.07, 6.45) is 0. The van der Waals surface area contributed by atoms with Gasteiger partial charge in [-0.05, 0) is 20.8 Å². The van der Waals surface area contributed by atoms with E-state index in [9.17, 15) is 9.59 Å². The average molecular weight is 255 g/mol. The Labute approximate surface area is 105 Å². The molecule has 0 unspecified atom stereocenters. The fourth-order valence-electron chi connectivity index (χ4n) is 1.45. The van der Waals surface area contributed by atoms with E-state index in [0.717, 1.165) is 5.69 Å². The number of carbonyl (C=O) groups is 2. The zero-order valence-corrected chi connectivity index (χ0v) is 10.9. The minimum absolute atomic E-state index is 0.231. The molecular formula is C11H17N3O4. The van der Waals surface area contributed by atoms with Crippen LogP contribution in [0.5, 0.6) is 5.75 Å². The molecule has 0 aliphatic heterocycles. The molecule has 7 nitrogen and oxygen atoms in total. The van der Waals surface area contributed by atoms with Gasteiger partial charge in [0, 0.05) is 7.05 Å². The molecule has 0 spiro atoms. The summed E-state index contributed by atoms with van der Waals surface area (Å²) in [5, 5.41) is 15.1. The number of ether oxygens (including phenoxy) is 1. The maximum atomic E-state index is 11.4. The predicted octanol–water partition coefficient (Wildman–Crippen LogP) is 0.00504. The van der Waals surface area contributed by atoms with Crippen molar-refractivity contribution in [3.63, 3.8) is 0 Å². The second kappa shape index (κ2) is 5.52. The van der Waals surface area contributed by atoms with Gasteiger partial charge in [-0.15, -0.1) is 0 Å². The molecule has 0 bridgehead atoms. The fourth-order valence-corrected chi connectivity index (χ4v) is 1.45. The van der Waals surface area contributed by atoms with Gasteiger partial charge in [0.05, 0.1) is 5.69 Å². The summed E-state index contributed by atoms with van der Waals surface area (Å²) in [5.74, 6) is -1.01. The quantitative estimate of drug-likeness (QED) is 0.772. The number of amides is 1. The van der Waals surface area contributed by atoms with Crippen LogP contribution in [0, 0.1) is 13.8 Å². The molecule has 0 aromatic carbocycles. The third-order valence-electron chi connectivity index (χ3n) is 2.54. The fraction of sp³-hybridized carbons (Fsp3) is 0.545. The van der Waals surface area contributed by atoms with Crippen LogP contribution in [0.2, 0.25) is 0 Å². The van der Waals surface area contributed by atoms with Crippen molar-refractivity contribution in [3.05, 3.63) is 11.4 Å². The van der Waals surface area contributed by atoms with E-state index in [1.807, 2.05) is 6.92 Å². The van der Waals surface area contributed by atoms with Crippen LogP contribution in [0.1, 0.15) is 18.3 Å². The van der Waals surface area contributed by atoms with Gasteiger partial charge in [0.25, 0.3) is 5.91 Å². The maximum Gasteiger partial charge on any atom is 0.325 e. The summed E-state index contributed by atoms with van der Waals surface area (Å²) in [6.45, 7) is 4.76. The first kappa shape index (κ1) is 14.0. The van der Waals surface area contributed by atoms with Crippen LogP contribution in [-0.4, -0.2) is 39.4 Å². The molecule has 1 heterocycles. The Hall–Kier alpha value is -2.05. The highest BCUT2D eigenvalue weighted by Crippen LogP contribution is 2.20. The molecule has 7 heteroatoms. The van der Waals surface area contributed by atoms with Crippen molar-refractivity contribution in [1.82, 2.24) is 15.1 Å². The van der Waals surface area contributed by atoms with E-state index in [0.29, 0.717) is 11.4 Å². The molecule has 0 saturated carbocycles. The van der Waals surface area contributed by atoms with Gasteiger partial charge in [0.2, 0.25) is 0 Å². The van der Waals surface area contributed by atoms with E-state index < -0.39 is 17.9 Å². The maximum absolute atomic E-state index is 11.4. The van der Waals surface area contributed by atoms with Gasteiger partial charge in [-0.2, -0.15) is 5.10 Å². The molecule has 0 saturated heterocycles. The summed E-state index contributed by atoms with van der Waals surface area (Å²) < 4.78 is 7.00. The first-order chi connectivity index (χ1) is 8.32. The van der Waals surface area contributed by atoms with E-state index in [4.69, 9.17) is 9.84 Å². The molecule has 2 N–H and O–H groups in total. The molecular weight excluding hydrogens is 238 g/mol. The smallest absolute Gasteiger partial charge is 0.325 e. The number of nitrogens with one attached hydrogen (secondary N) is 1. The SMILES string of the molecule is Cc1nn(C)c(C)c1OCC(=O)N[C@@H](C)C(=O)O. The summed E-state index contributed by atoms with van der Waals surface area (Å²) in [7, 11) is 1.78. The van der Waals surface area contributed by atoms with Crippen LogP contribution in [-0.2, 0) is 16.6 Å². The number of carbonyl (C=O) groups excluding carboxylic acids is 1. The molecule has 1 aromatic heterocycles. The second-order valence-corrected chi connectivity index (χ2v) is 4.04. The summed E-state index contributed by atoms with van der Waals surface area (Å²) >= 11 is 0.